The highest BCUT2D eigenvalue weighted by Crippen LogP contribution is 2.35. The van der Waals surface area contributed by atoms with E-state index in [1.54, 1.807) is 14.1 Å². The Kier molecular flexibility index (Phi) is 5.00. The number of halogens is 3. The zero-order chi connectivity index (χ0) is 15.5. The number of carbonyl (C=O) groups is 1. The summed E-state index contributed by atoms with van der Waals surface area (Å²) in [6, 6.07) is 2.35. The summed E-state index contributed by atoms with van der Waals surface area (Å²) in [6.45, 7) is 1.41. The van der Waals surface area contributed by atoms with Gasteiger partial charge in [0, 0.05) is 19.8 Å². The summed E-state index contributed by atoms with van der Waals surface area (Å²) in [4.78, 5) is 16.7. The Balaban J connectivity index is 3.17. The Hall–Kier alpha value is -1.75. The van der Waals surface area contributed by atoms with Crippen LogP contribution in [0.15, 0.2) is 11.1 Å². The molecule has 0 saturated heterocycles. The van der Waals surface area contributed by atoms with Crippen molar-refractivity contribution in [1.82, 2.24) is 9.88 Å². The van der Waals surface area contributed by atoms with Crippen molar-refractivity contribution in [3.63, 3.8) is 0 Å². The van der Waals surface area contributed by atoms with Gasteiger partial charge in [0.25, 0.3) is 0 Å². The van der Waals surface area contributed by atoms with E-state index in [9.17, 15) is 18.0 Å². The molecule has 8 heteroatoms. The van der Waals surface area contributed by atoms with Gasteiger partial charge >= 0.3 is 6.18 Å². The molecule has 0 atom stereocenters. The van der Waals surface area contributed by atoms with Crippen LogP contribution in [0.2, 0.25) is 0 Å². The molecule has 1 rings (SSSR count). The highest BCUT2D eigenvalue weighted by molar-refractivity contribution is 8.00. The van der Waals surface area contributed by atoms with Crippen molar-refractivity contribution in [2.75, 3.05) is 19.8 Å². The summed E-state index contributed by atoms with van der Waals surface area (Å²) in [6.07, 6.45) is -4.63. The Labute approximate surface area is 118 Å². The van der Waals surface area contributed by atoms with Gasteiger partial charge in [-0.05, 0) is 13.0 Å². The fraction of sp³-hybridized carbons (Fsp3) is 0.417. The molecule has 0 aliphatic heterocycles. The summed E-state index contributed by atoms with van der Waals surface area (Å²) in [7, 11) is 3.08. The van der Waals surface area contributed by atoms with Gasteiger partial charge in [0.05, 0.1) is 16.9 Å². The number of nitrogens with zero attached hydrogens (tertiary/aromatic N) is 3. The Morgan fingerprint density at radius 3 is 2.55 bits per heavy atom. The van der Waals surface area contributed by atoms with Gasteiger partial charge in [0.1, 0.15) is 11.1 Å². The molecule has 1 aromatic rings. The largest absolute Gasteiger partial charge is 0.417 e. The molecule has 20 heavy (non-hydrogen) atoms. The second-order valence-corrected chi connectivity index (χ2v) is 5.14. The van der Waals surface area contributed by atoms with Crippen LogP contribution in [0.4, 0.5) is 13.2 Å². The van der Waals surface area contributed by atoms with Gasteiger partial charge in [-0.15, -0.1) is 0 Å². The number of hydrogen-bond donors (Lipinski definition) is 0. The fourth-order valence-corrected chi connectivity index (χ4v) is 2.37. The molecular formula is C12H12F3N3OS. The number of rotatable bonds is 3. The van der Waals surface area contributed by atoms with E-state index >= 15 is 0 Å². The molecule has 0 aromatic carbocycles. The number of hydrogen-bond acceptors (Lipinski definition) is 4. The van der Waals surface area contributed by atoms with E-state index in [-0.39, 0.29) is 22.4 Å². The zero-order valence-electron chi connectivity index (χ0n) is 11.1. The number of nitriles is 1. The minimum absolute atomic E-state index is 0.0740. The number of aromatic nitrogens is 1. The van der Waals surface area contributed by atoms with Crippen molar-refractivity contribution in [3.8, 4) is 6.07 Å². The first-order valence-corrected chi connectivity index (χ1v) is 6.47. The number of pyridine rings is 1. The molecule has 0 spiro atoms. The number of thioether (sulfide) groups is 1. The molecule has 0 unspecified atom stereocenters. The highest BCUT2D eigenvalue weighted by Gasteiger charge is 2.35. The zero-order valence-corrected chi connectivity index (χ0v) is 11.9. The van der Waals surface area contributed by atoms with Crippen molar-refractivity contribution in [2.24, 2.45) is 0 Å². The third kappa shape index (κ3) is 3.87. The topological polar surface area (TPSA) is 57.0 Å². The van der Waals surface area contributed by atoms with Gasteiger partial charge in [0.2, 0.25) is 5.91 Å². The number of amides is 1. The van der Waals surface area contributed by atoms with Crippen molar-refractivity contribution < 1.29 is 18.0 Å². The predicted octanol–water partition coefficient (Wildman–Crippen LogP) is 2.46. The van der Waals surface area contributed by atoms with Gasteiger partial charge < -0.3 is 4.90 Å². The Morgan fingerprint density at radius 1 is 1.50 bits per heavy atom. The molecule has 1 aromatic heterocycles. The number of aryl methyl sites for hydroxylation is 1. The van der Waals surface area contributed by atoms with E-state index in [1.807, 2.05) is 0 Å². The molecule has 0 aliphatic carbocycles. The molecule has 108 valence electrons. The van der Waals surface area contributed by atoms with Crippen molar-refractivity contribution in [2.45, 2.75) is 18.1 Å². The summed E-state index contributed by atoms with van der Waals surface area (Å²) >= 11 is 0.828. The van der Waals surface area contributed by atoms with Crippen LogP contribution in [-0.2, 0) is 11.0 Å². The van der Waals surface area contributed by atoms with Gasteiger partial charge in [-0.25, -0.2) is 4.98 Å². The first-order valence-electron chi connectivity index (χ1n) is 5.48. The maximum absolute atomic E-state index is 12.9. The third-order valence-corrected chi connectivity index (χ3v) is 3.32. The van der Waals surface area contributed by atoms with Gasteiger partial charge in [0.15, 0.2) is 0 Å². The van der Waals surface area contributed by atoms with Crippen LogP contribution in [0.5, 0.6) is 0 Å². The van der Waals surface area contributed by atoms with E-state index in [2.05, 4.69) is 4.98 Å². The smallest absolute Gasteiger partial charge is 0.348 e. The van der Waals surface area contributed by atoms with Gasteiger partial charge in [-0.3, -0.25) is 4.79 Å². The summed E-state index contributed by atoms with van der Waals surface area (Å²) < 4.78 is 38.6. The fourth-order valence-electron chi connectivity index (χ4n) is 1.34. The molecular weight excluding hydrogens is 291 g/mol. The Morgan fingerprint density at radius 2 is 2.10 bits per heavy atom. The lowest BCUT2D eigenvalue weighted by Gasteiger charge is -2.13. The maximum Gasteiger partial charge on any atom is 0.417 e. The molecule has 0 radical (unpaired) electrons. The second-order valence-electron chi connectivity index (χ2n) is 4.18. The van der Waals surface area contributed by atoms with Crippen LogP contribution in [-0.4, -0.2) is 35.6 Å². The predicted molar refractivity (Wildman–Crippen MR) is 68.1 cm³/mol. The first-order chi connectivity index (χ1) is 9.16. The number of alkyl halides is 3. The second kappa shape index (κ2) is 6.13. The van der Waals surface area contributed by atoms with Crippen molar-refractivity contribution >= 4 is 17.7 Å². The molecule has 0 aliphatic rings. The lowest BCUT2D eigenvalue weighted by atomic mass is 10.1. The minimum Gasteiger partial charge on any atom is -0.348 e. The van der Waals surface area contributed by atoms with Crippen LogP contribution in [0.3, 0.4) is 0 Å². The first kappa shape index (κ1) is 16.3. The SMILES string of the molecule is Cc1cc(C(F)(F)F)c(C#N)c(SCC(=O)N(C)C)n1. The average molecular weight is 303 g/mol. The molecule has 0 fully saturated rings. The monoisotopic (exact) mass is 303 g/mol. The van der Waals surface area contributed by atoms with Gasteiger partial charge in [-0.2, -0.15) is 18.4 Å². The summed E-state index contributed by atoms with van der Waals surface area (Å²) in [5.74, 6) is -0.342. The molecule has 1 amide bonds. The highest BCUT2D eigenvalue weighted by atomic mass is 32.2. The molecule has 0 bridgehead atoms. The van der Waals surface area contributed by atoms with Crippen LogP contribution >= 0.6 is 11.8 Å². The lowest BCUT2D eigenvalue weighted by molar-refractivity contribution is -0.138. The van der Waals surface area contributed by atoms with Crippen LogP contribution in [0, 0.1) is 18.3 Å². The van der Waals surface area contributed by atoms with Crippen molar-refractivity contribution in [1.29, 1.82) is 5.26 Å². The average Bonchev–Trinajstić information content (AvgIpc) is 2.33. The van der Waals surface area contributed by atoms with Crippen molar-refractivity contribution in [3.05, 3.63) is 22.9 Å². The van der Waals surface area contributed by atoms with E-state index in [1.165, 1.54) is 17.9 Å². The molecule has 4 nitrogen and oxygen atoms in total. The van der Waals surface area contributed by atoms with E-state index in [4.69, 9.17) is 5.26 Å². The Bertz CT molecular complexity index is 564. The normalized spacial score (nSPS) is 11.1. The van der Waals surface area contributed by atoms with Crippen LogP contribution in [0.1, 0.15) is 16.8 Å². The molecule has 0 saturated carbocycles. The minimum atomic E-state index is -4.63. The standard InChI is InChI=1S/C12H12F3N3OS/c1-7-4-9(12(13,14)15)8(5-16)11(17-7)20-6-10(19)18(2)3/h4H,6H2,1-3H3. The summed E-state index contributed by atoms with van der Waals surface area (Å²) in [5, 5.41) is 8.86. The maximum atomic E-state index is 12.9. The quantitative estimate of drug-likeness (QED) is 0.805. The lowest BCUT2D eigenvalue weighted by Crippen LogP contribution is -2.23. The molecule has 1 heterocycles. The summed E-state index contributed by atoms with van der Waals surface area (Å²) in [5.41, 5.74) is -1.41. The number of carbonyl (C=O) groups excluding carboxylic acids is 1. The van der Waals surface area contributed by atoms with E-state index < -0.39 is 17.3 Å². The molecule has 0 N–H and O–H groups in total. The third-order valence-electron chi connectivity index (χ3n) is 2.36. The van der Waals surface area contributed by atoms with Gasteiger partial charge in [-0.1, -0.05) is 11.8 Å². The van der Waals surface area contributed by atoms with Crippen LogP contribution < -0.4 is 0 Å². The van der Waals surface area contributed by atoms with Crippen LogP contribution in [0.25, 0.3) is 0 Å². The van der Waals surface area contributed by atoms with E-state index in [0.717, 1.165) is 17.8 Å². The van der Waals surface area contributed by atoms with E-state index in [0.29, 0.717) is 0 Å².